The number of ether oxygens (including phenoxy) is 1. The fourth-order valence-corrected chi connectivity index (χ4v) is 5.17. The Bertz CT molecular complexity index is 1490. The van der Waals surface area contributed by atoms with E-state index in [-0.39, 0.29) is 6.03 Å². The van der Waals surface area contributed by atoms with Crippen molar-refractivity contribution in [3.63, 3.8) is 0 Å². The summed E-state index contributed by atoms with van der Waals surface area (Å²) in [7, 11) is 0. The predicted molar refractivity (Wildman–Crippen MR) is 156 cm³/mol. The monoisotopic (exact) mass is 540 g/mol. The number of aldehydes is 1. The molecule has 0 spiro atoms. The van der Waals surface area contributed by atoms with Crippen molar-refractivity contribution < 1.29 is 14.3 Å². The van der Waals surface area contributed by atoms with Crippen LogP contribution >= 0.6 is 0 Å². The first kappa shape index (κ1) is 27.3. The lowest BCUT2D eigenvalue weighted by Crippen LogP contribution is -2.35. The summed E-state index contributed by atoms with van der Waals surface area (Å²) in [4.78, 5) is 29.0. The van der Waals surface area contributed by atoms with E-state index in [0.717, 1.165) is 90.0 Å². The third kappa shape index (κ3) is 6.15. The Morgan fingerprint density at radius 1 is 1.05 bits per heavy atom. The number of amides is 2. The van der Waals surface area contributed by atoms with Crippen molar-refractivity contribution in [2.45, 2.75) is 58.8 Å². The lowest BCUT2D eigenvalue weighted by atomic mass is 10.0. The van der Waals surface area contributed by atoms with Crippen LogP contribution in [-0.4, -0.2) is 46.3 Å². The number of anilines is 1. The number of nitrogens with zero attached hydrogens (tertiary/aromatic N) is 3. The van der Waals surface area contributed by atoms with Crippen molar-refractivity contribution in [1.82, 2.24) is 25.4 Å². The van der Waals surface area contributed by atoms with Crippen LogP contribution in [0.2, 0.25) is 0 Å². The van der Waals surface area contributed by atoms with E-state index in [1.54, 1.807) is 6.07 Å². The molecule has 1 fully saturated rings. The smallest absolute Gasteiger partial charge is 0.315 e. The molecule has 3 heterocycles. The first-order chi connectivity index (χ1) is 19.6. The van der Waals surface area contributed by atoms with E-state index >= 15 is 0 Å². The van der Waals surface area contributed by atoms with Gasteiger partial charge in [-0.25, -0.2) is 14.5 Å². The molecule has 2 amide bonds. The molecule has 1 saturated heterocycles. The second kappa shape index (κ2) is 12.7. The van der Waals surface area contributed by atoms with Gasteiger partial charge in [-0.15, -0.1) is 0 Å². The van der Waals surface area contributed by atoms with E-state index in [2.05, 4.69) is 34.9 Å². The largest absolute Gasteiger partial charge is 0.381 e. The van der Waals surface area contributed by atoms with Gasteiger partial charge in [0.2, 0.25) is 0 Å². The second-order valence-electron chi connectivity index (χ2n) is 9.97. The number of carbonyl (C=O) groups excluding carboxylic acids is 2. The summed E-state index contributed by atoms with van der Waals surface area (Å²) in [5.41, 5.74) is 7.35. The summed E-state index contributed by atoms with van der Waals surface area (Å²) in [6.45, 7) is 7.07. The number of nitrogens with one attached hydrogen (secondary N) is 3. The second-order valence-corrected chi connectivity index (χ2v) is 9.97. The van der Waals surface area contributed by atoms with Crippen molar-refractivity contribution >= 4 is 29.0 Å². The molecule has 4 aromatic rings. The van der Waals surface area contributed by atoms with Crippen LogP contribution in [0.1, 0.15) is 53.9 Å². The van der Waals surface area contributed by atoms with Gasteiger partial charge in [-0.1, -0.05) is 43.3 Å². The van der Waals surface area contributed by atoms with Crippen LogP contribution in [0.25, 0.3) is 22.2 Å². The molecule has 1 aliphatic heterocycles. The fourth-order valence-electron chi connectivity index (χ4n) is 5.17. The average molecular weight is 541 g/mol. The van der Waals surface area contributed by atoms with Crippen molar-refractivity contribution in [2.75, 3.05) is 18.5 Å². The Hall–Kier alpha value is -4.24. The molecule has 5 rings (SSSR count). The number of aryl methyl sites for hydroxylation is 2. The van der Waals surface area contributed by atoms with Crippen LogP contribution in [0.3, 0.4) is 0 Å². The minimum Gasteiger partial charge on any atom is -0.381 e. The van der Waals surface area contributed by atoms with Crippen molar-refractivity contribution in [1.29, 1.82) is 0 Å². The van der Waals surface area contributed by atoms with Crippen LogP contribution in [0, 0.1) is 0 Å². The Kier molecular flexibility index (Phi) is 8.71. The molecular weight excluding hydrogens is 504 g/mol. The quantitative estimate of drug-likeness (QED) is 0.242. The summed E-state index contributed by atoms with van der Waals surface area (Å²) in [6, 6.07) is 15.5. The number of rotatable bonds is 10. The molecule has 1 aliphatic rings. The highest BCUT2D eigenvalue weighted by Gasteiger charge is 2.22. The zero-order valence-electron chi connectivity index (χ0n) is 23.1. The minimum atomic E-state index is -0.253. The number of carbonyl (C=O) groups is 2. The number of urea groups is 1. The molecule has 2 aromatic carbocycles. The van der Waals surface area contributed by atoms with E-state index in [1.807, 2.05) is 53.3 Å². The number of fused-ring (bicyclic) bond motifs is 1. The van der Waals surface area contributed by atoms with Crippen molar-refractivity contribution in [2.24, 2.45) is 0 Å². The van der Waals surface area contributed by atoms with Gasteiger partial charge in [-0.2, -0.15) is 5.10 Å². The SMILES string of the molecule is CCc1nc2c(cnn2CC)c(NC2CCOCC2)c1CNC(=O)NCc1cccc(-c2cccc(C=O)c2)c1. The standard InChI is InChI=1S/C31H36N6O3/c1-3-28-26(29(35-25-11-13-40-14-12-25)27-19-34-37(4-2)30(27)36-28)18-33-31(39)32-17-21-7-5-9-23(15-21)24-10-6-8-22(16-24)20-38/h5-10,15-16,19-20,25H,3-4,11-14,17-18H2,1-2H3,(H,35,36)(H2,32,33,39). The molecule has 0 unspecified atom stereocenters. The molecule has 9 nitrogen and oxygen atoms in total. The third-order valence-electron chi connectivity index (χ3n) is 7.34. The Balaban J connectivity index is 1.30. The van der Waals surface area contributed by atoms with Gasteiger partial charge in [0.15, 0.2) is 5.65 Å². The highest BCUT2D eigenvalue weighted by molar-refractivity contribution is 5.92. The van der Waals surface area contributed by atoms with E-state index in [0.29, 0.717) is 24.7 Å². The zero-order chi connectivity index (χ0) is 27.9. The lowest BCUT2D eigenvalue weighted by Gasteiger charge is -2.26. The molecule has 3 N–H and O–H groups in total. The van der Waals surface area contributed by atoms with E-state index in [1.165, 1.54) is 0 Å². The highest BCUT2D eigenvalue weighted by atomic mass is 16.5. The van der Waals surface area contributed by atoms with Gasteiger partial charge in [0.05, 0.1) is 17.3 Å². The topological polar surface area (TPSA) is 110 Å². The van der Waals surface area contributed by atoms with E-state index in [9.17, 15) is 9.59 Å². The van der Waals surface area contributed by atoms with E-state index < -0.39 is 0 Å². The molecule has 0 radical (unpaired) electrons. The summed E-state index contributed by atoms with van der Waals surface area (Å²) in [6.07, 6.45) is 5.31. The number of benzene rings is 2. The molecule has 208 valence electrons. The number of hydrogen-bond acceptors (Lipinski definition) is 6. The van der Waals surface area contributed by atoms with Crippen LogP contribution in [0.15, 0.2) is 54.7 Å². The molecule has 0 atom stereocenters. The summed E-state index contributed by atoms with van der Waals surface area (Å²) in [5, 5.41) is 15.3. The fraction of sp³-hybridized carbons (Fsp3) is 0.355. The maximum atomic E-state index is 12.9. The minimum absolute atomic E-state index is 0.253. The van der Waals surface area contributed by atoms with E-state index in [4.69, 9.17) is 9.72 Å². The van der Waals surface area contributed by atoms with Crippen LogP contribution < -0.4 is 16.0 Å². The van der Waals surface area contributed by atoms with Crippen molar-refractivity contribution in [3.8, 4) is 11.1 Å². The zero-order valence-corrected chi connectivity index (χ0v) is 23.1. The summed E-state index contributed by atoms with van der Waals surface area (Å²) in [5.74, 6) is 0. The third-order valence-corrected chi connectivity index (χ3v) is 7.34. The predicted octanol–water partition coefficient (Wildman–Crippen LogP) is 5.08. The normalized spacial score (nSPS) is 13.8. The van der Waals surface area contributed by atoms with Gasteiger partial charge >= 0.3 is 6.03 Å². The Morgan fingerprint density at radius 3 is 2.55 bits per heavy atom. The molecule has 0 saturated carbocycles. The van der Waals surface area contributed by atoms with Gasteiger partial charge in [0, 0.05) is 55.7 Å². The highest BCUT2D eigenvalue weighted by Crippen LogP contribution is 2.31. The number of aromatic nitrogens is 3. The first-order valence-corrected chi connectivity index (χ1v) is 14.0. The Morgan fingerprint density at radius 2 is 1.80 bits per heavy atom. The summed E-state index contributed by atoms with van der Waals surface area (Å²) >= 11 is 0. The van der Waals surface area contributed by atoms with Gasteiger partial charge in [-0.3, -0.25) is 4.79 Å². The number of hydrogen-bond donors (Lipinski definition) is 3. The molecule has 0 bridgehead atoms. The molecule has 40 heavy (non-hydrogen) atoms. The summed E-state index contributed by atoms with van der Waals surface area (Å²) < 4.78 is 7.47. The molecule has 2 aromatic heterocycles. The van der Waals surface area contributed by atoms with Gasteiger partial charge in [0.25, 0.3) is 0 Å². The molecule has 9 heteroatoms. The first-order valence-electron chi connectivity index (χ1n) is 14.0. The molecule has 0 aliphatic carbocycles. The molecular formula is C31H36N6O3. The van der Waals surface area contributed by atoms with Crippen LogP contribution in [0.5, 0.6) is 0 Å². The maximum Gasteiger partial charge on any atom is 0.315 e. The van der Waals surface area contributed by atoms with Gasteiger partial charge in [-0.05, 0) is 55.0 Å². The average Bonchev–Trinajstić information content (AvgIpc) is 3.43. The van der Waals surface area contributed by atoms with Crippen LogP contribution in [-0.2, 0) is 30.8 Å². The lowest BCUT2D eigenvalue weighted by molar-refractivity contribution is 0.0904. The van der Waals surface area contributed by atoms with Gasteiger partial charge < -0.3 is 20.7 Å². The van der Waals surface area contributed by atoms with Crippen LogP contribution in [0.4, 0.5) is 10.5 Å². The van der Waals surface area contributed by atoms with Crippen molar-refractivity contribution in [3.05, 3.63) is 77.1 Å². The number of pyridine rings is 1. The van der Waals surface area contributed by atoms with Gasteiger partial charge in [0.1, 0.15) is 6.29 Å². The maximum absolute atomic E-state index is 12.9. The Labute approximate surface area is 234 Å².